The summed E-state index contributed by atoms with van der Waals surface area (Å²) >= 11 is 0. The van der Waals surface area contributed by atoms with Gasteiger partial charge in [-0.15, -0.1) is 0 Å². The topological polar surface area (TPSA) is 75.4 Å². The molecule has 0 unspecified atom stereocenters. The number of nitrogens with one attached hydrogen (secondary N) is 1. The molecule has 25 heavy (non-hydrogen) atoms. The zero-order chi connectivity index (χ0) is 18.0. The number of hydrogen-bond donors (Lipinski definition) is 1. The molecule has 0 aliphatic carbocycles. The fraction of sp³-hybridized carbons (Fsp3) is 0.526. The van der Waals surface area contributed by atoms with Gasteiger partial charge in [0.1, 0.15) is 5.52 Å². The van der Waals surface area contributed by atoms with Gasteiger partial charge in [0.25, 0.3) is 0 Å². The van der Waals surface area contributed by atoms with E-state index in [1.807, 2.05) is 49.9 Å². The summed E-state index contributed by atoms with van der Waals surface area (Å²) < 4.78 is 5.85. The minimum absolute atomic E-state index is 0.0337. The first-order valence-electron chi connectivity index (χ1n) is 8.76. The lowest BCUT2D eigenvalue weighted by Gasteiger charge is -2.31. The van der Waals surface area contributed by atoms with Gasteiger partial charge in [-0.1, -0.05) is 32.9 Å². The number of nitrogens with zero attached hydrogens (tertiary/aromatic N) is 2. The Balaban J connectivity index is 1.53. The number of amides is 2. The van der Waals surface area contributed by atoms with Crippen LogP contribution in [0.3, 0.4) is 0 Å². The molecule has 134 valence electrons. The van der Waals surface area contributed by atoms with Gasteiger partial charge in [-0.3, -0.25) is 9.59 Å². The number of oxazole rings is 1. The second kappa shape index (κ2) is 6.86. The Hall–Kier alpha value is -2.37. The lowest BCUT2D eigenvalue weighted by molar-refractivity contribution is -0.135. The SMILES string of the molecule is CC(C)(C)C(=O)NCC(=O)N1CCC(c2nc3ccccc3o2)CC1. The van der Waals surface area contributed by atoms with E-state index in [0.29, 0.717) is 13.1 Å². The van der Waals surface area contributed by atoms with Gasteiger partial charge in [-0.2, -0.15) is 0 Å². The number of carbonyl (C=O) groups excluding carboxylic acids is 2. The van der Waals surface area contributed by atoms with Crippen LogP contribution >= 0.6 is 0 Å². The molecule has 2 aromatic rings. The molecule has 1 aliphatic rings. The molecular weight excluding hydrogens is 318 g/mol. The van der Waals surface area contributed by atoms with Crippen LogP contribution in [0.4, 0.5) is 0 Å². The average Bonchev–Trinajstić information content (AvgIpc) is 3.02. The molecule has 1 aromatic carbocycles. The maximum atomic E-state index is 12.3. The van der Waals surface area contributed by atoms with Crippen molar-refractivity contribution in [2.45, 2.75) is 39.5 Å². The van der Waals surface area contributed by atoms with Gasteiger partial charge in [0.2, 0.25) is 11.8 Å². The summed E-state index contributed by atoms with van der Waals surface area (Å²) in [5.74, 6) is 0.853. The van der Waals surface area contributed by atoms with Gasteiger partial charge < -0.3 is 14.6 Å². The van der Waals surface area contributed by atoms with Gasteiger partial charge in [0, 0.05) is 24.4 Å². The molecule has 0 bridgehead atoms. The van der Waals surface area contributed by atoms with Crippen molar-refractivity contribution in [2.24, 2.45) is 5.41 Å². The number of piperidine rings is 1. The molecule has 0 radical (unpaired) electrons. The molecule has 3 rings (SSSR count). The fourth-order valence-electron chi connectivity index (χ4n) is 2.97. The van der Waals surface area contributed by atoms with Crippen molar-refractivity contribution in [1.29, 1.82) is 0 Å². The van der Waals surface area contributed by atoms with E-state index in [2.05, 4.69) is 10.3 Å². The second-order valence-corrected chi connectivity index (χ2v) is 7.61. The molecule has 1 saturated heterocycles. The van der Waals surface area contributed by atoms with Crippen molar-refractivity contribution >= 4 is 22.9 Å². The maximum absolute atomic E-state index is 12.3. The number of likely N-dealkylation sites (tertiary alicyclic amines) is 1. The van der Waals surface area contributed by atoms with Crippen LogP contribution in [0, 0.1) is 5.41 Å². The van der Waals surface area contributed by atoms with Crippen molar-refractivity contribution in [3.63, 3.8) is 0 Å². The molecule has 1 aromatic heterocycles. The minimum Gasteiger partial charge on any atom is -0.440 e. The third-order valence-corrected chi connectivity index (χ3v) is 4.59. The highest BCUT2D eigenvalue weighted by Crippen LogP contribution is 2.29. The lowest BCUT2D eigenvalue weighted by atomic mass is 9.95. The van der Waals surface area contributed by atoms with Crippen LogP contribution in [-0.2, 0) is 9.59 Å². The van der Waals surface area contributed by atoms with E-state index < -0.39 is 5.41 Å². The average molecular weight is 343 g/mol. The monoisotopic (exact) mass is 343 g/mol. The van der Waals surface area contributed by atoms with Crippen LogP contribution in [0.1, 0.15) is 45.4 Å². The summed E-state index contributed by atoms with van der Waals surface area (Å²) in [5.41, 5.74) is 1.20. The second-order valence-electron chi connectivity index (χ2n) is 7.61. The van der Waals surface area contributed by atoms with Crippen LogP contribution in [0.2, 0.25) is 0 Å². The van der Waals surface area contributed by atoms with E-state index in [0.717, 1.165) is 29.8 Å². The summed E-state index contributed by atoms with van der Waals surface area (Å²) in [4.78, 5) is 30.5. The predicted molar refractivity (Wildman–Crippen MR) is 95.0 cm³/mol. The van der Waals surface area contributed by atoms with Gasteiger partial charge in [-0.05, 0) is 25.0 Å². The number of aromatic nitrogens is 1. The Morgan fingerprint density at radius 3 is 2.56 bits per heavy atom. The van der Waals surface area contributed by atoms with E-state index in [1.54, 1.807) is 0 Å². The maximum Gasteiger partial charge on any atom is 0.241 e. The number of rotatable bonds is 3. The normalized spacial score (nSPS) is 16.2. The summed E-state index contributed by atoms with van der Waals surface area (Å²) in [7, 11) is 0. The zero-order valence-corrected chi connectivity index (χ0v) is 15.0. The molecule has 1 N–H and O–H groups in total. The number of carbonyl (C=O) groups is 2. The molecule has 2 amide bonds. The minimum atomic E-state index is -0.486. The molecule has 6 heteroatoms. The highest BCUT2D eigenvalue weighted by Gasteiger charge is 2.28. The van der Waals surface area contributed by atoms with Crippen molar-refractivity contribution < 1.29 is 14.0 Å². The summed E-state index contributed by atoms with van der Waals surface area (Å²) in [5, 5.41) is 2.72. The summed E-state index contributed by atoms with van der Waals surface area (Å²) in [6.07, 6.45) is 1.65. The quantitative estimate of drug-likeness (QED) is 0.930. The third kappa shape index (κ3) is 4.00. The van der Waals surface area contributed by atoms with Gasteiger partial charge >= 0.3 is 0 Å². The van der Waals surface area contributed by atoms with Crippen LogP contribution in [0.15, 0.2) is 28.7 Å². The zero-order valence-electron chi connectivity index (χ0n) is 15.0. The van der Waals surface area contributed by atoms with Crippen molar-refractivity contribution in [1.82, 2.24) is 15.2 Å². The first-order valence-corrected chi connectivity index (χ1v) is 8.76. The molecule has 1 aliphatic heterocycles. The highest BCUT2D eigenvalue weighted by atomic mass is 16.3. The van der Waals surface area contributed by atoms with Crippen LogP contribution < -0.4 is 5.32 Å². The molecule has 1 fully saturated rings. The predicted octanol–water partition coefficient (Wildman–Crippen LogP) is 2.70. The summed E-state index contributed by atoms with van der Waals surface area (Å²) in [6, 6.07) is 7.74. The van der Waals surface area contributed by atoms with Crippen LogP contribution in [-0.4, -0.2) is 41.3 Å². The molecular formula is C19H25N3O3. The highest BCUT2D eigenvalue weighted by molar-refractivity contribution is 5.87. The smallest absolute Gasteiger partial charge is 0.241 e. The van der Waals surface area contributed by atoms with Gasteiger partial charge in [0.15, 0.2) is 11.5 Å². The summed E-state index contributed by atoms with van der Waals surface area (Å²) in [6.45, 7) is 6.88. The Labute approximate surface area is 147 Å². The Bertz CT molecular complexity index is 735. The molecule has 0 atom stereocenters. The lowest BCUT2D eigenvalue weighted by Crippen LogP contribution is -2.45. The molecule has 6 nitrogen and oxygen atoms in total. The van der Waals surface area contributed by atoms with E-state index in [-0.39, 0.29) is 24.3 Å². The molecule has 0 saturated carbocycles. The number of hydrogen-bond acceptors (Lipinski definition) is 4. The largest absolute Gasteiger partial charge is 0.440 e. The van der Waals surface area contributed by atoms with Crippen LogP contribution in [0.5, 0.6) is 0 Å². The number of para-hydroxylation sites is 2. The number of fused-ring (bicyclic) bond motifs is 1. The molecule has 0 spiro atoms. The Morgan fingerprint density at radius 2 is 1.92 bits per heavy atom. The van der Waals surface area contributed by atoms with Crippen LogP contribution in [0.25, 0.3) is 11.1 Å². The van der Waals surface area contributed by atoms with Crippen molar-refractivity contribution in [3.8, 4) is 0 Å². The number of benzene rings is 1. The van der Waals surface area contributed by atoms with E-state index in [4.69, 9.17) is 4.42 Å². The third-order valence-electron chi connectivity index (χ3n) is 4.59. The van der Waals surface area contributed by atoms with E-state index in [1.165, 1.54) is 0 Å². The first-order chi connectivity index (χ1) is 11.8. The standard InChI is InChI=1S/C19H25N3O3/c1-19(2,3)18(24)20-12-16(23)22-10-8-13(9-11-22)17-21-14-6-4-5-7-15(14)25-17/h4-7,13H,8-12H2,1-3H3,(H,20,24). The van der Waals surface area contributed by atoms with E-state index >= 15 is 0 Å². The Kier molecular flexibility index (Phi) is 4.79. The Morgan fingerprint density at radius 1 is 1.24 bits per heavy atom. The first kappa shape index (κ1) is 17.5. The van der Waals surface area contributed by atoms with Crippen molar-refractivity contribution in [3.05, 3.63) is 30.2 Å². The van der Waals surface area contributed by atoms with Crippen molar-refractivity contribution in [2.75, 3.05) is 19.6 Å². The van der Waals surface area contributed by atoms with Gasteiger partial charge in [0.05, 0.1) is 6.54 Å². The van der Waals surface area contributed by atoms with Gasteiger partial charge in [-0.25, -0.2) is 4.98 Å². The van der Waals surface area contributed by atoms with E-state index in [9.17, 15) is 9.59 Å². The fourth-order valence-corrected chi connectivity index (χ4v) is 2.97. The molecule has 2 heterocycles.